The van der Waals surface area contributed by atoms with Crippen LogP contribution >= 0.6 is 0 Å². The molecule has 0 spiro atoms. The number of rotatable bonds is 7. The number of anilines is 1. The molecule has 5 nitrogen and oxygen atoms in total. The predicted octanol–water partition coefficient (Wildman–Crippen LogP) is 2.38. The zero-order valence-electron chi connectivity index (χ0n) is 11.9. The van der Waals surface area contributed by atoms with E-state index in [0.29, 0.717) is 0 Å². The van der Waals surface area contributed by atoms with Gasteiger partial charge in [-0.1, -0.05) is 13.0 Å². The van der Waals surface area contributed by atoms with Gasteiger partial charge in [0.15, 0.2) is 0 Å². The lowest BCUT2D eigenvalue weighted by Crippen LogP contribution is -2.23. The lowest BCUT2D eigenvalue weighted by atomic mass is 10.3. The molecule has 0 radical (unpaired) electrons. The van der Waals surface area contributed by atoms with Crippen LogP contribution in [0.15, 0.2) is 53.7 Å². The van der Waals surface area contributed by atoms with Gasteiger partial charge in [0.1, 0.15) is 0 Å². The van der Waals surface area contributed by atoms with E-state index in [1.54, 1.807) is 42.7 Å². The Balaban J connectivity index is 2.02. The Morgan fingerprint density at radius 3 is 2.52 bits per heavy atom. The number of hydrogen-bond acceptors (Lipinski definition) is 4. The first kappa shape index (κ1) is 15.5. The maximum atomic E-state index is 12.2. The van der Waals surface area contributed by atoms with Crippen LogP contribution in [0.25, 0.3) is 0 Å². The number of benzene rings is 1. The van der Waals surface area contributed by atoms with E-state index in [-0.39, 0.29) is 11.4 Å². The van der Waals surface area contributed by atoms with Crippen LogP contribution in [0.2, 0.25) is 0 Å². The van der Waals surface area contributed by atoms with E-state index in [1.807, 2.05) is 6.07 Å². The number of pyridine rings is 1. The highest BCUT2D eigenvalue weighted by molar-refractivity contribution is 7.89. The molecule has 0 unspecified atom stereocenters. The molecule has 0 aliphatic carbocycles. The van der Waals surface area contributed by atoms with Crippen molar-refractivity contribution in [2.75, 3.05) is 11.9 Å². The largest absolute Gasteiger partial charge is 0.385 e. The predicted molar refractivity (Wildman–Crippen MR) is 83.5 cm³/mol. The lowest BCUT2D eigenvalue weighted by molar-refractivity contribution is 0.581. The van der Waals surface area contributed by atoms with Gasteiger partial charge in [0.05, 0.1) is 4.90 Å². The van der Waals surface area contributed by atoms with E-state index in [2.05, 4.69) is 21.9 Å². The van der Waals surface area contributed by atoms with Crippen LogP contribution in [0.4, 0.5) is 5.69 Å². The summed E-state index contributed by atoms with van der Waals surface area (Å²) >= 11 is 0. The summed E-state index contributed by atoms with van der Waals surface area (Å²) in [5, 5.41) is 3.21. The van der Waals surface area contributed by atoms with E-state index in [9.17, 15) is 8.42 Å². The van der Waals surface area contributed by atoms with E-state index < -0.39 is 10.0 Å². The molecule has 2 rings (SSSR count). The molecular formula is C15H19N3O2S. The molecule has 2 aromatic rings. The zero-order chi connectivity index (χ0) is 15.1. The zero-order valence-corrected chi connectivity index (χ0v) is 12.7. The van der Waals surface area contributed by atoms with E-state index in [0.717, 1.165) is 24.2 Å². The van der Waals surface area contributed by atoms with Crippen molar-refractivity contribution in [2.24, 2.45) is 0 Å². The van der Waals surface area contributed by atoms with Crippen molar-refractivity contribution in [1.82, 2.24) is 9.71 Å². The number of nitrogens with one attached hydrogen (secondary N) is 2. The van der Waals surface area contributed by atoms with Gasteiger partial charge in [0.2, 0.25) is 10.0 Å². The van der Waals surface area contributed by atoms with Gasteiger partial charge in [-0.05, 0) is 42.3 Å². The molecule has 21 heavy (non-hydrogen) atoms. The molecule has 6 heteroatoms. The maximum absolute atomic E-state index is 12.2. The van der Waals surface area contributed by atoms with Gasteiger partial charge in [0.25, 0.3) is 0 Å². The molecule has 0 aliphatic rings. The Hall–Kier alpha value is -1.92. The Kier molecular flexibility index (Phi) is 5.30. The minimum absolute atomic E-state index is 0.228. The topological polar surface area (TPSA) is 71.1 Å². The summed E-state index contributed by atoms with van der Waals surface area (Å²) < 4.78 is 26.9. The summed E-state index contributed by atoms with van der Waals surface area (Å²) in [7, 11) is -3.50. The fourth-order valence-corrected chi connectivity index (χ4v) is 2.80. The first-order valence-corrected chi connectivity index (χ1v) is 8.32. The molecule has 0 fully saturated rings. The van der Waals surface area contributed by atoms with Gasteiger partial charge < -0.3 is 5.32 Å². The Labute approximate surface area is 125 Å². The second-order valence-electron chi connectivity index (χ2n) is 4.64. The first-order valence-electron chi connectivity index (χ1n) is 6.84. The average Bonchev–Trinajstić information content (AvgIpc) is 2.52. The van der Waals surface area contributed by atoms with Gasteiger partial charge >= 0.3 is 0 Å². The van der Waals surface area contributed by atoms with Crippen molar-refractivity contribution < 1.29 is 8.42 Å². The highest BCUT2D eigenvalue weighted by atomic mass is 32.2. The Bertz CT molecular complexity index is 655. The van der Waals surface area contributed by atoms with Crippen LogP contribution < -0.4 is 10.0 Å². The molecular weight excluding hydrogens is 286 g/mol. The van der Waals surface area contributed by atoms with Gasteiger partial charge in [-0.3, -0.25) is 4.98 Å². The van der Waals surface area contributed by atoms with Crippen molar-refractivity contribution in [1.29, 1.82) is 0 Å². The van der Waals surface area contributed by atoms with Crippen molar-refractivity contribution in [3.05, 3.63) is 54.4 Å². The van der Waals surface area contributed by atoms with Crippen LogP contribution in [0.5, 0.6) is 0 Å². The van der Waals surface area contributed by atoms with Crippen LogP contribution in [0.1, 0.15) is 18.9 Å². The molecule has 2 N–H and O–H groups in total. The van der Waals surface area contributed by atoms with Gasteiger partial charge in [-0.15, -0.1) is 0 Å². The standard InChI is InChI=1S/C15H19N3O2S/c1-2-9-17-14-5-7-15(8-6-14)21(19,20)18-12-13-4-3-10-16-11-13/h3-8,10-11,17-18H,2,9,12H2,1H3. The SMILES string of the molecule is CCCNc1ccc(S(=O)(=O)NCc2cccnc2)cc1. The van der Waals surface area contributed by atoms with Crippen LogP contribution in [0.3, 0.4) is 0 Å². The third kappa shape index (κ3) is 4.54. The summed E-state index contributed by atoms with van der Waals surface area (Å²) in [5.41, 5.74) is 1.74. The third-order valence-electron chi connectivity index (χ3n) is 2.93. The average molecular weight is 305 g/mol. The highest BCUT2D eigenvalue weighted by Gasteiger charge is 2.13. The van der Waals surface area contributed by atoms with Gasteiger partial charge in [0, 0.05) is 31.2 Å². The summed E-state index contributed by atoms with van der Waals surface area (Å²) in [6, 6.07) is 10.3. The second kappa shape index (κ2) is 7.19. The molecule has 0 amide bonds. The molecule has 1 aromatic heterocycles. The third-order valence-corrected chi connectivity index (χ3v) is 4.35. The second-order valence-corrected chi connectivity index (χ2v) is 6.40. The van der Waals surface area contributed by atoms with Crippen molar-refractivity contribution in [3.8, 4) is 0 Å². The number of aromatic nitrogens is 1. The first-order chi connectivity index (χ1) is 10.1. The normalized spacial score (nSPS) is 11.3. The highest BCUT2D eigenvalue weighted by Crippen LogP contribution is 2.14. The molecule has 0 aliphatic heterocycles. The molecule has 0 atom stereocenters. The molecule has 1 aromatic carbocycles. The van der Waals surface area contributed by atoms with E-state index in [1.165, 1.54) is 0 Å². The van der Waals surface area contributed by atoms with Crippen molar-refractivity contribution in [3.63, 3.8) is 0 Å². The van der Waals surface area contributed by atoms with Gasteiger partial charge in [-0.25, -0.2) is 13.1 Å². The summed E-state index contributed by atoms with van der Waals surface area (Å²) in [5.74, 6) is 0. The van der Waals surface area contributed by atoms with Crippen LogP contribution in [-0.2, 0) is 16.6 Å². The quantitative estimate of drug-likeness (QED) is 0.824. The van der Waals surface area contributed by atoms with Crippen molar-refractivity contribution >= 4 is 15.7 Å². The van der Waals surface area contributed by atoms with E-state index >= 15 is 0 Å². The number of nitrogens with zero attached hydrogens (tertiary/aromatic N) is 1. The van der Waals surface area contributed by atoms with E-state index in [4.69, 9.17) is 0 Å². The number of sulfonamides is 1. The molecule has 0 saturated carbocycles. The van der Waals surface area contributed by atoms with Gasteiger partial charge in [-0.2, -0.15) is 0 Å². The fourth-order valence-electron chi connectivity index (χ4n) is 1.79. The minimum Gasteiger partial charge on any atom is -0.385 e. The number of hydrogen-bond donors (Lipinski definition) is 2. The molecule has 0 saturated heterocycles. The Morgan fingerprint density at radius 1 is 1.14 bits per heavy atom. The fraction of sp³-hybridized carbons (Fsp3) is 0.267. The molecule has 0 bridgehead atoms. The molecule has 112 valence electrons. The van der Waals surface area contributed by atoms with Crippen LogP contribution in [-0.4, -0.2) is 19.9 Å². The maximum Gasteiger partial charge on any atom is 0.240 e. The Morgan fingerprint density at radius 2 is 1.90 bits per heavy atom. The van der Waals surface area contributed by atoms with Crippen LogP contribution in [0, 0.1) is 0 Å². The smallest absolute Gasteiger partial charge is 0.240 e. The summed E-state index contributed by atoms with van der Waals surface area (Å²) in [6.07, 6.45) is 4.31. The monoisotopic (exact) mass is 305 g/mol. The summed E-state index contributed by atoms with van der Waals surface area (Å²) in [6.45, 7) is 3.17. The lowest BCUT2D eigenvalue weighted by Gasteiger charge is -2.08. The van der Waals surface area contributed by atoms with Crippen molar-refractivity contribution in [2.45, 2.75) is 24.8 Å². The summed E-state index contributed by atoms with van der Waals surface area (Å²) in [4.78, 5) is 4.21. The molecule has 1 heterocycles. The minimum atomic E-state index is -3.50.